The zero-order valence-electron chi connectivity index (χ0n) is 15.0. The minimum atomic E-state index is -0.986. The van der Waals surface area contributed by atoms with Crippen molar-refractivity contribution in [2.45, 2.75) is 6.17 Å². The lowest BCUT2D eigenvalue weighted by Gasteiger charge is -2.34. The average Bonchev–Trinajstić information content (AvgIpc) is 3.35. The number of anilines is 1. The number of aromatic amines is 1. The Balaban J connectivity index is 1.45. The molecule has 0 unspecified atom stereocenters. The van der Waals surface area contributed by atoms with Crippen LogP contribution in [0.3, 0.4) is 0 Å². The van der Waals surface area contributed by atoms with Crippen molar-refractivity contribution in [3.63, 3.8) is 0 Å². The fraction of sp³-hybridized carbons (Fsp3) is 0.158. The molecule has 2 N–H and O–H groups in total. The lowest BCUT2D eigenvalue weighted by Crippen LogP contribution is -2.53. The van der Waals surface area contributed by atoms with Gasteiger partial charge in [0.05, 0.1) is 19.3 Å². The van der Waals surface area contributed by atoms with E-state index in [0.29, 0.717) is 11.3 Å². The van der Waals surface area contributed by atoms with Gasteiger partial charge in [-0.3, -0.25) is 5.10 Å². The molecule has 4 heterocycles. The summed E-state index contributed by atoms with van der Waals surface area (Å²) < 4.78 is 28.8. The first-order valence-electron chi connectivity index (χ1n) is 8.91. The Morgan fingerprint density at radius 3 is 2.83 bits per heavy atom. The monoisotopic (exact) mass is 395 g/mol. The van der Waals surface area contributed by atoms with Gasteiger partial charge in [-0.25, -0.2) is 23.2 Å². The summed E-state index contributed by atoms with van der Waals surface area (Å²) in [6.07, 6.45) is 5.78. The quantitative estimate of drug-likeness (QED) is 0.558. The zero-order chi connectivity index (χ0) is 20.0. The highest BCUT2D eigenvalue weighted by Gasteiger charge is 2.30. The Morgan fingerprint density at radius 1 is 1.21 bits per heavy atom. The third-order valence-corrected chi connectivity index (χ3v) is 4.76. The second-order valence-corrected chi connectivity index (χ2v) is 6.80. The number of rotatable bonds is 3. The highest BCUT2D eigenvalue weighted by molar-refractivity contribution is 5.90. The number of halogens is 2. The van der Waals surface area contributed by atoms with Crippen molar-refractivity contribution in [1.82, 2.24) is 29.9 Å². The number of amides is 2. The van der Waals surface area contributed by atoms with Crippen LogP contribution in [-0.2, 0) is 0 Å². The number of aromatic nitrogens is 5. The minimum Gasteiger partial charge on any atom is -0.319 e. The van der Waals surface area contributed by atoms with Crippen LogP contribution in [0, 0.1) is 5.82 Å². The van der Waals surface area contributed by atoms with Gasteiger partial charge in [-0.2, -0.15) is 5.10 Å². The molecule has 0 radical (unpaired) electrons. The third kappa shape index (κ3) is 3.18. The van der Waals surface area contributed by atoms with E-state index in [1.54, 1.807) is 24.8 Å². The number of likely N-dealkylation sites (tertiary alicyclic amines) is 1. The molecule has 10 heteroatoms. The van der Waals surface area contributed by atoms with E-state index in [0.717, 1.165) is 16.5 Å². The van der Waals surface area contributed by atoms with E-state index in [-0.39, 0.29) is 18.8 Å². The van der Waals surface area contributed by atoms with Crippen molar-refractivity contribution in [2.75, 3.05) is 18.4 Å². The molecule has 1 aliphatic heterocycles. The number of nitrogens with one attached hydrogen (secondary N) is 2. The van der Waals surface area contributed by atoms with Crippen LogP contribution in [0.15, 0.2) is 49.1 Å². The molecule has 3 aromatic heterocycles. The summed E-state index contributed by atoms with van der Waals surface area (Å²) in [5.41, 5.74) is 2.75. The van der Waals surface area contributed by atoms with Gasteiger partial charge in [-0.05, 0) is 24.3 Å². The van der Waals surface area contributed by atoms with E-state index < -0.39 is 18.0 Å². The number of alkyl halides is 1. The molecule has 29 heavy (non-hydrogen) atoms. The molecule has 0 spiro atoms. The number of carbonyl (C=O) groups is 1. The van der Waals surface area contributed by atoms with Gasteiger partial charge in [-0.15, -0.1) is 5.10 Å². The van der Waals surface area contributed by atoms with Crippen LogP contribution in [0.25, 0.3) is 27.8 Å². The summed E-state index contributed by atoms with van der Waals surface area (Å²) in [5, 5.41) is 14.4. The molecule has 0 atom stereocenters. The van der Waals surface area contributed by atoms with Gasteiger partial charge in [0.2, 0.25) is 0 Å². The van der Waals surface area contributed by atoms with Crippen LogP contribution in [0.5, 0.6) is 0 Å². The maximum Gasteiger partial charge on any atom is 0.322 e. The molecular formula is C19H15F2N7O. The molecule has 146 valence electrons. The maximum atomic E-state index is 14.4. The minimum absolute atomic E-state index is 0.0646. The number of nitrogens with zero attached hydrogens (tertiary/aromatic N) is 5. The fourth-order valence-electron chi connectivity index (χ4n) is 3.16. The van der Waals surface area contributed by atoms with E-state index in [4.69, 9.17) is 0 Å². The molecule has 1 fully saturated rings. The highest BCUT2D eigenvalue weighted by Crippen LogP contribution is 2.24. The van der Waals surface area contributed by atoms with Crippen molar-refractivity contribution >= 4 is 22.8 Å². The smallest absolute Gasteiger partial charge is 0.319 e. The second kappa shape index (κ2) is 6.66. The van der Waals surface area contributed by atoms with E-state index in [1.165, 1.54) is 27.8 Å². The molecule has 1 saturated heterocycles. The van der Waals surface area contributed by atoms with Gasteiger partial charge in [0.15, 0.2) is 5.65 Å². The summed E-state index contributed by atoms with van der Waals surface area (Å²) >= 11 is 0. The predicted octanol–water partition coefficient (Wildman–Crippen LogP) is 3.14. The number of carbonyl (C=O) groups excluding carboxylic acids is 1. The lowest BCUT2D eigenvalue weighted by atomic mass is 10.1. The van der Waals surface area contributed by atoms with Crippen molar-refractivity contribution < 1.29 is 13.6 Å². The topological polar surface area (TPSA) is 91.7 Å². The molecule has 0 bridgehead atoms. The first-order chi connectivity index (χ1) is 14.1. The molecule has 0 aliphatic carbocycles. The van der Waals surface area contributed by atoms with Crippen LogP contribution in [0.4, 0.5) is 19.3 Å². The van der Waals surface area contributed by atoms with Gasteiger partial charge < -0.3 is 10.2 Å². The average molecular weight is 395 g/mol. The van der Waals surface area contributed by atoms with Crippen molar-refractivity contribution in [3.8, 4) is 16.8 Å². The first-order valence-corrected chi connectivity index (χ1v) is 8.91. The van der Waals surface area contributed by atoms with E-state index >= 15 is 0 Å². The molecular weight excluding hydrogens is 380 g/mol. The zero-order valence-corrected chi connectivity index (χ0v) is 15.0. The number of urea groups is 1. The molecule has 4 aromatic rings. The summed E-state index contributed by atoms with van der Waals surface area (Å²) in [6, 6.07) is 5.63. The van der Waals surface area contributed by atoms with E-state index in [2.05, 4.69) is 25.6 Å². The van der Waals surface area contributed by atoms with Crippen molar-refractivity contribution in [1.29, 1.82) is 0 Å². The fourth-order valence-corrected chi connectivity index (χ4v) is 3.16. The number of benzene rings is 1. The van der Waals surface area contributed by atoms with Crippen LogP contribution in [0.2, 0.25) is 0 Å². The number of fused-ring (bicyclic) bond motifs is 1. The first kappa shape index (κ1) is 17.3. The van der Waals surface area contributed by atoms with E-state index in [9.17, 15) is 13.6 Å². The molecule has 2 amide bonds. The normalized spacial score (nSPS) is 14.2. The SMILES string of the molecule is O=C(Nc1ccc(F)c(-n2cc3cc(-c4cn[nH]c4)cnc3n2)c1)N1CC(F)C1. The van der Waals surface area contributed by atoms with Crippen molar-refractivity contribution in [3.05, 3.63) is 54.9 Å². The Labute approximate surface area is 163 Å². The van der Waals surface area contributed by atoms with Crippen LogP contribution in [0.1, 0.15) is 0 Å². The molecule has 1 aliphatic rings. The highest BCUT2D eigenvalue weighted by atomic mass is 19.1. The molecule has 5 rings (SSSR count). The Morgan fingerprint density at radius 2 is 2.07 bits per heavy atom. The Bertz CT molecular complexity index is 1200. The third-order valence-electron chi connectivity index (χ3n) is 4.76. The molecule has 8 nitrogen and oxygen atoms in total. The summed E-state index contributed by atoms with van der Waals surface area (Å²) in [6.45, 7) is 0.129. The van der Waals surface area contributed by atoms with Crippen LogP contribution in [-0.4, -0.2) is 55.2 Å². The van der Waals surface area contributed by atoms with Crippen LogP contribution >= 0.6 is 0 Å². The van der Waals surface area contributed by atoms with Gasteiger partial charge in [0, 0.05) is 40.8 Å². The van der Waals surface area contributed by atoms with Gasteiger partial charge in [0.1, 0.15) is 17.7 Å². The predicted molar refractivity (Wildman–Crippen MR) is 102 cm³/mol. The number of hydrogen-bond donors (Lipinski definition) is 2. The Hall–Kier alpha value is -3.82. The molecule has 0 saturated carbocycles. The lowest BCUT2D eigenvalue weighted by molar-refractivity contribution is 0.0974. The van der Waals surface area contributed by atoms with Crippen molar-refractivity contribution in [2.24, 2.45) is 0 Å². The summed E-state index contributed by atoms with van der Waals surface area (Å²) in [7, 11) is 0. The van der Waals surface area contributed by atoms with Crippen LogP contribution < -0.4 is 5.32 Å². The maximum absolute atomic E-state index is 14.4. The number of pyridine rings is 1. The second-order valence-electron chi connectivity index (χ2n) is 6.80. The van der Waals surface area contributed by atoms with Gasteiger partial charge >= 0.3 is 6.03 Å². The molecule has 1 aromatic carbocycles. The summed E-state index contributed by atoms with van der Waals surface area (Å²) in [5.74, 6) is -0.501. The number of hydrogen-bond acceptors (Lipinski definition) is 4. The summed E-state index contributed by atoms with van der Waals surface area (Å²) in [4.78, 5) is 17.7. The number of H-pyrrole nitrogens is 1. The van der Waals surface area contributed by atoms with E-state index in [1.807, 2.05) is 6.07 Å². The largest absolute Gasteiger partial charge is 0.322 e. The van der Waals surface area contributed by atoms with Gasteiger partial charge in [0.25, 0.3) is 0 Å². The standard InChI is InChI=1S/C19H15F2N7O/c20-14-9-27(10-14)19(29)25-15-1-2-16(21)17(4-15)28-8-12-3-11(5-22-18(12)26-28)13-6-23-24-7-13/h1-8,14H,9-10H2,(H,23,24)(H,25,29). The Kier molecular flexibility index (Phi) is 3.97. The van der Waals surface area contributed by atoms with Gasteiger partial charge in [-0.1, -0.05) is 0 Å².